The molecule has 0 bridgehead atoms. The molecule has 2 nitrogen and oxygen atoms in total. The van der Waals surface area contributed by atoms with E-state index in [9.17, 15) is 4.79 Å². The van der Waals surface area contributed by atoms with Crippen LogP contribution in [0.3, 0.4) is 0 Å². The van der Waals surface area contributed by atoms with E-state index in [2.05, 4.69) is 21.2 Å². The maximum atomic E-state index is 11.8. The molecule has 0 heterocycles. The fraction of sp³-hybridized carbons (Fsp3) is 0. The van der Waals surface area contributed by atoms with Gasteiger partial charge in [0.05, 0.1) is 15.2 Å². The molecule has 0 atom stereocenters. The van der Waals surface area contributed by atoms with Crippen LogP contribution in [0, 0.1) is 0 Å². The van der Waals surface area contributed by atoms with Crippen LogP contribution >= 0.6 is 39.1 Å². The van der Waals surface area contributed by atoms with Gasteiger partial charge >= 0.3 is 0 Å². The van der Waals surface area contributed by atoms with Crippen molar-refractivity contribution in [3.05, 3.63) is 68.6 Å². The Morgan fingerprint density at radius 3 is 2.50 bits per heavy atom. The molecule has 0 aromatic heterocycles. The minimum Gasteiger partial charge on any atom is -0.321 e. The average molecular weight is 371 g/mol. The highest BCUT2D eigenvalue weighted by atomic mass is 79.9. The van der Waals surface area contributed by atoms with Gasteiger partial charge in [0, 0.05) is 11.1 Å². The van der Waals surface area contributed by atoms with Crippen molar-refractivity contribution in [2.24, 2.45) is 0 Å². The average Bonchev–Trinajstić information content (AvgIpc) is 2.43. The highest BCUT2D eigenvalue weighted by Crippen LogP contribution is 2.29. The van der Waals surface area contributed by atoms with Crippen molar-refractivity contribution in [3.63, 3.8) is 0 Å². The SMILES string of the molecule is O=C(/C=C/c1ccc(Cl)cc1)Nc1cccc(Cl)c1Br. The number of carbonyl (C=O) groups is 1. The maximum Gasteiger partial charge on any atom is 0.248 e. The van der Waals surface area contributed by atoms with Gasteiger partial charge in [-0.3, -0.25) is 4.79 Å². The van der Waals surface area contributed by atoms with Gasteiger partial charge in [0.25, 0.3) is 0 Å². The highest BCUT2D eigenvalue weighted by molar-refractivity contribution is 9.10. The smallest absolute Gasteiger partial charge is 0.248 e. The lowest BCUT2D eigenvalue weighted by molar-refractivity contribution is -0.111. The minimum absolute atomic E-state index is 0.233. The normalized spacial score (nSPS) is 10.8. The summed E-state index contributed by atoms with van der Waals surface area (Å²) in [5, 5.41) is 3.96. The molecule has 2 aromatic rings. The van der Waals surface area contributed by atoms with Crippen LogP contribution < -0.4 is 5.32 Å². The quantitative estimate of drug-likeness (QED) is 0.719. The van der Waals surface area contributed by atoms with E-state index in [0.29, 0.717) is 20.2 Å². The number of rotatable bonds is 3. The first-order valence-corrected chi connectivity index (χ1v) is 7.30. The monoisotopic (exact) mass is 369 g/mol. The predicted molar refractivity (Wildman–Crippen MR) is 88.3 cm³/mol. The number of hydrogen-bond acceptors (Lipinski definition) is 1. The largest absolute Gasteiger partial charge is 0.321 e. The number of halogens is 3. The van der Waals surface area contributed by atoms with Crippen LogP contribution in [-0.2, 0) is 4.79 Å². The lowest BCUT2D eigenvalue weighted by atomic mass is 10.2. The third-order valence-electron chi connectivity index (χ3n) is 2.51. The van der Waals surface area contributed by atoms with Crippen molar-refractivity contribution in [1.29, 1.82) is 0 Å². The summed E-state index contributed by atoms with van der Waals surface area (Å²) < 4.78 is 0.662. The van der Waals surface area contributed by atoms with E-state index in [1.807, 2.05) is 12.1 Å². The molecular weight excluding hydrogens is 361 g/mol. The summed E-state index contributed by atoms with van der Waals surface area (Å²) in [4.78, 5) is 11.8. The summed E-state index contributed by atoms with van der Waals surface area (Å²) in [6.45, 7) is 0. The molecule has 102 valence electrons. The Hall–Kier alpha value is -1.29. The molecule has 0 unspecified atom stereocenters. The van der Waals surface area contributed by atoms with E-state index < -0.39 is 0 Å². The van der Waals surface area contributed by atoms with Crippen LogP contribution in [0.4, 0.5) is 5.69 Å². The van der Waals surface area contributed by atoms with Gasteiger partial charge in [-0.1, -0.05) is 41.4 Å². The fourth-order valence-corrected chi connectivity index (χ4v) is 2.18. The summed E-state index contributed by atoms with van der Waals surface area (Å²) in [5.41, 5.74) is 1.53. The zero-order valence-corrected chi connectivity index (χ0v) is 13.3. The summed E-state index contributed by atoms with van der Waals surface area (Å²) >= 11 is 15.1. The van der Waals surface area contributed by atoms with Gasteiger partial charge in [-0.2, -0.15) is 0 Å². The van der Waals surface area contributed by atoms with Crippen molar-refractivity contribution < 1.29 is 4.79 Å². The van der Waals surface area contributed by atoms with Crippen LogP contribution in [0.15, 0.2) is 53.0 Å². The number of nitrogens with one attached hydrogen (secondary N) is 1. The first-order chi connectivity index (χ1) is 9.56. The number of anilines is 1. The molecule has 0 aliphatic rings. The molecule has 1 N–H and O–H groups in total. The van der Waals surface area contributed by atoms with E-state index in [4.69, 9.17) is 23.2 Å². The second-order valence-electron chi connectivity index (χ2n) is 3.98. The molecule has 0 saturated carbocycles. The summed E-state index contributed by atoms with van der Waals surface area (Å²) in [6, 6.07) is 12.5. The third kappa shape index (κ3) is 4.10. The Labute approximate surface area is 135 Å². The number of benzene rings is 2. The molecule has 0 aliphatic heterocycles. The molecule has 5 heteroatoms. The van der Waals surface area contributed by atoms with Gasteiger partial charge in [-0.05, 0) is 51.8 Å². The summed E-state index contributed by atoms with van der Waals surface area (Å²) in [5.74, 6) is -0.233. The Morgan fingerprint density at radius 2 is 1.80 bits per heavy atom. The van der Waals surface area contributed by atoms with Crippen molar-refractivity contribution >= 4 is 56.8 Å². The predicted octanol–water partition coefficient (Wildman–Crippen LogP) is 5.41. The van der Waals surface area contributed by atoms with Crippen molar-refractivity contribution in [1.82, 2.24) is 0 Å². The molecular formula is C15H10BrCl2NO. The van der Waals surface area contributed by atoms with Crippen molar-refractivity contribution in [3.8, 4) is 0 Å². The van der Waals surface area contributed by atoms with E-state index in [0.717, 1.165) is 5.56 Å². The lowest BCUT2D eigenvalue weighted by Crippen LogP contribution is -2.08. The Morgan fingerprint density at radius 1 is 1.10 bits per heavy atom. The zero-order chi connectivity index (χ0) is 14.5. The number of carbonyl (C=O) groups excluding carboxylic acids is 1. The third-order valence-corrected chi connectivity index (χ3v) is 4.16. The number of hydrogen-bond donors (Lipinski definition) is 1. The second-order valence-corrected chi connectivity index (χ2v) is 5.61. The van der Waals surface area contributed by atoms with Gasteiger partial charge in [0.15, 0.2) is 0 Å². The standard InChI is InChI=1S/C15H10BrCl2NO/c16-15-12(18)2-1-3-13(15)19-14(20)9-6-10-4-7-11(17)8-5-10/h1-9H,(H,19,20)/b9-6+. The summed E-state index contributed by atoms with van der Waals surface area (Å²) in [7, 11) is 0. The van der Waals surface area contributed by atoms with E-state index in [-0.39, 0.29) is 5.91 Å². The van der Waals surface area contributed by atoms with Gasteiger partial charge in [-0.25, -0.2) is 0 Å². The molecule has 1 amide bonds. The first-order valence-electron chi connectivity index (χ1n) is 5.75. The van der Waals surface area contributed by atoms with Crippen LogP contribution in [0.1, 0.15) is 5.56 Å². The highest BCUT2D eigenvalue weighted by Gasteiger charge is 2.05. The first kappa shape index (κ1) is 15.1. The lowest BCUT2D eigenvalue weighted by Gasteiger charge is -2.06. The molecule has 0 radical (unpaired) electrons. The molecule has 0 spiro atoms. The topological polar surface area (TPSA) is 29.1 Å². The minimum atomic E-state index is -0.233. The maximum absolute atomic E-state index is 11.8. The van der Waals surface area contributed by atoms with Crippen molar-refractivity contribution in [2.75, 3.05) is 5.32 Å². The van der Waals surface area contributed by atoms with Crippen LogP contribution in [0.25, 0.3) is 6.08 Å². The fourth-order valence-electron chi connectivity index (χ4n) is 1.52. The molecule has 20 heavy (non-hydrogen) atoms. The Bertz CT molecular complexity index is 653. The van der Waals surface area contributed by atoms with Gasteiger partial charge < -0.3 is 5.32 Å². The number of amides is 1. The Balaban J connectivity index is 2.05. The Kier molecular flexibility index (Phi) is 5.24. The van der Waals surface area contributed by atoms with E-state index in [1.54, 1.807) is 36.4 Å². The molecule has 0 saturated heterocycles. The molecule has 2 rings (SSSR count). The summed E-state index contributed by atoms with van der Waals surface area (Å²) in [6.07, 6.45) is 3.17. The van der Waals surface area contributed by atoms with E-state index >= 15 is 0 Å². The second kappa shape index (κ2) is 6.93. The van der Waals surface area contributed by atoms with Crippen LogP contribution in [-0.4, -0.2) is 5.91 Å². The molecule has 0 aliphatic carbocycles. The van der Waals surface area contributed by atoms with Crippen LogP contribution in [0.5, 0.6) is 0 Å². The zero-order valence-electron chi connectivity index (χ0n) is 10.2. The molecule has 2 aromatic carbocycles. The van der Waals surface area contributed by atoms with E-state index in [1.165, 1.54) is 6.08 Å². The van der Waals surface area contributed by atoms with Gasteiger partial charge in [0.2, 0.25) is 5.91 Å². The van der Waals surface area contributed by atoms with Crippen LogP contribution in [0.2, 0.25) is 10.0 Å². The van der Waals surface area contributed by atoms with Crippen molar-refractivity contribution in [2.45, 2.75) is 0 Å². The van der Waals surface area contributed by atoms with Gasteiger partial charge in [-0.15, -0.1) is 0 Å². The van der Waals surface area contributed by atoms with Gasteiger partial charge in [0.1, 0.15) is 0 Å². The molecule has 0 fully saturated rings.